The van der Waals surface area contributed by atoms with Crippen LogP contribution in [0.3, 0.4) is 0 Å². The van der Waals surface area contributed by atoms with Crippen molar-refractivity contribution in [3.63, 3.8) is 0 Å². The third-order valence-electron chi connectivity index (χ3n) is 5.31. The minimum absolute atomic E-state index is 0.192. The van der Waals surface area contributed by atoms with E-state index >= 15 is 0 Å². The van der Waals surface area contributed by atoms with E-state index in [2.05, 4.69) is 18.2 Å². The molecule has 0 amide bonds. The number of ether oxygens (including phenoxy) is 1. The minimum atomic E-state index is -3.57. The van der Waals surface area contributed by atoms with E-state index in [1.54, 1.807) is 24.3 Å². The molecule has 0 aromatic heterocycles. The molecule has 0 radical (unpaired) electrons. The Morgan fingerprint density at radius 1 is 0.833 bits per heavy atom. The van der Waals surface area contributed by atoms with Crippen LogP contribution in [0.25, 0.3) is 0 Å². The summed E-state index contributed by atoms with van der Waals surface area (Å²) in [5.41, 5.74) is 0. The summed E-state index contributed by atoms with van der Waals surface area (Å²) >= 11 is 0. The Hall–Kier alpha value is -1.33. The van der Waals surface area contributed by atoms with Crippen LogP contribution in [0.1, 0.15) is 96.8 Å². The molecule has 5 heteroatoms. The summed E-state index contributed by atoms with van der Waals surface area (Å²) in [4.78, 5) is 0.192. The van der Waals surface area contributed by atoms with Crippen LogP contribution in [0, 0.1) is 0 Å². The second kappa shape index (κ2) is 17.4. The van der Waals surface area contributed by atoms with Gasteiger partial charge >= 0.3 is 0 Å². The Kier molecular flexibility index (Phi) is 15.5. The highest BCUT2D eigenvalue weighted by molar-refractivity contribution is 7.89. The number of para-hydroxylation sites is 1. The van der Waals surface area contributed by atoms with Gasteiger partial charge in [0.15, 0.2) is 0 Å². The zero-order valence-electron chi connectivity index (χ0n) is 19.0. The van der Waals surface area contributed by atoms with Crippen LogP contribution in [0.4, 0.5) is 0 Å². The standard InChI is InChI=1S/C25H43NO3S/c1-3-5-6-7-8-9-10-11-12-13-14-15-16-19-23-29-24-20-17-18-21-25(24)30(27,28)26-22-4-2/h4,17-18,20-21,26H,2-3,5-16,19,22-23H2,1H3. The van der Waals surface area contributed by atoms with Gasteiger partial charge in [-0.1, -0.05) is 109 Å². The Morgan fingerprint density at radius 2 is 1.33 bits per heavy atom. The first-order chi connectivity index (χ1) is 14.6. The fraction of sp³-hybridized carbons (Fsp3) is 0.680. The molecule has 0 saturated heterocycles. The largest absolute Gasteiger partial charge is 0.492 e. The maximum Gasteiger partial charge on any atom is 0.244 e. The van der Waals surface area contributed by atoms with Crippen LogP contribution in [-0.2, 0) is 10.0 Å². The molecule has 1 N–H and O–H groups in total. The fourth-order valence-corrected chi connectivity index (χ4v) is 4.66. The van der Waals surface area contributed by atoms with Gasteiger partial charge in [-0.15, -0.1) is 6.58 Å². The summed E-state index contributed by atoms with van der Waals surface area (Å²) in [6, 6.07) is 6.80. The molecule has 1 aromatic rings. The predicted octanol–water partition coefficient (Wildman–Crippen LogP) is 7.01. The molecule has 1 rings (SSSR count). The van der Waals surface area contributed by atoms with Crippen LogP contribution in [0.15, 0.2) is 41.8 Å². The van der Waals surface area contributed by atoms with E-state index in [1.807, 2.05) is 0 Å². The molecular formula is C25H43NO3S. The van der Waals surface area contributed by atoms with E-state index in [-0.39, 0.29) is 11.4 Å². The normalized spacial score (nSPS) is 11.5. The van der Waals surface area contributed by atoms with Crippen molar-refractivity contribution in [2.75, 3.05) is 13.2 Å². The Bertz CT molecular complexity index is 658. The Labute approximate surface area is 185 Å². The highest BCUT2D eigenvalue weighted by Crippen LogP contribution is 2.23. The van der Waals surface area contributed by atoms with Gasteiger partial charge in [0.05, 0.1) is 6.61 Å². The van der Waals surface area contributed by atoms with Gasteiger partial charge in [-0.2, -0.15) is 0 Å². The van der Waals surface area contributed by atoms with Gasteiger partial charge in [-0.05, 0) is 18.6 Å². The van der Waals surface area contributed by atoms with Crippen molar-refractivity contribution < 1.29 is 13.2 Å². The minimum Gasteiger partial charge on any atom is -0.492 e. The molecular weight excluding hydrogens is 394 g/mol. The third-order valence-corrected chi connectivity index (χ3v) is 6.77. The Morgan fingerprint density at radius 3 is 1.87 bits per heavy atom. The summed E-state index contributed by atoms with van der Waals surface area (Å²) in [5.74, 6) is 0.420. The van der Waals surface area contributed by atoms with E-state index in [0.29, 0.717) is 12.4 Å². The summed E-state index contributed by atoms with van der Waals surface area (Å²) in [6.45, 7) is 6.56. The molecule has 1 aromatic carbocycles. The molecule has 0 aliphatic rings. The smallest absolute Gasteiger partial charge is 0.244 e. The van der Waals surface area contributed by atoms with Crippen LogP contribution in [0.5, 0.6) is 5.75 Å². The zero-order chi connectivity index (χ0) is 21.9. The average molecular weight is 438 g/mol. The van der Waals surface area contributed by atoms with Crippen molar-refractivity contribution in [3.8, 4) is 5.75 Å². The van der Waals surface area contributed by atoms with Crippen molar-refractivity contribution in [3.05, 3.63) is 36.9 Å². The van der Waals surface area contributed by atoms with Crippen molar-refractivity contribution >= 4 is 10.0 Å². The van der Waals surface area contributed by atoms with Crippen LogP contribution in [-0.4, -0.2) is 21.6 Å². The lowest BCUT2D eigenvalue weighted by molar-refractivity contribution is 0.296. The van der Waals surface area contributed by atoms with Gasteiger partial charge in [0.1, 0.15) is 10.6 Å². The number of hydrogen-bond acceptors (Lipinski definition) is 3. The number of rotatable bonds is 20. The molecule has 0 aliphatic carbocycles. The van der Waals surface area contributed by atoms with Gasteiger partial charge in [0, 0.05) is 6.54 Å². The van der Waals surface area contributed by atoms with Gasteiger partial charge in [0.2, 0.25) is 10.0 Å². The van der Waals surface area contributed by atoms with Crippen LogP contribution >= 0.6 is 0 Å². The highest BCUT2D eigenvalue weighted by Gasteiger charge is 2.18. The molecule has 0 aliphatic heterocycles. The molecule has 0 heterocycles. The monoisotopic (exact) mass is 437 g/mol. The topological polar surface area (TPSA) is 55.4 Å². The first-order valence-corrected chi connectivity index (χ1v) is 13.4. The summed E-state index contributed by atoms with van der Waals surface area (Å²) < 4.78 is 32.9. The van der Waals surface area contributed by atoms with Crippen LogP contribution in [0.2, 0.25) is 0 Å². The SMILES string of the molecule is C=CCNS(=O)(=O)c1ccccc1OCCCCCCCCCCCCCCCC. The van der Waals surface area contributed by atoms with Crippen molar-refractivity contribution in [2.24, 2.45) is 0 Å². The number of unbranched alkanes of at least 4 members (excludes halogenated alkanes) is 13. The summed E-state index contributed by atoms with van der Waals surface area (Å²) in [6.07, 6.45) is 19.9. The van der Waals surface area contributed by atoms with Gasteiger partial charge in [0.25, 0.3) is 0 Å². The molecule has 4 nitrogen and oxygen atoms in total. The van der Waals surface area contributed by atoms with E-state index < -0.39 is 10.0 Å². The van der Waals surface area contributed by atoms with E-state index in [0.717, 1.165) is 12.8 Å². The average Bonchev–Trinajstić information content (AvgIpc) is 2.75. The van der Waals surface area contributed by atoms with E-state index in [1.165, 1.54) is 83.1 Å². The van der Waals surface area contributed by atoms with E-state index in [4.69, 9.17) is 4.74 Å². The number of nitrogens with one attached hydrogen (secondary N) is 1. The van der Waals surface area contributed by atoms with Gasteiger partial charge < -0.3 is 4.74 Å². The Balaban J connectivity index is 2.07. The van der Waals surface area contributed by atoms with Gasteiger partial charge in [-0.3, -0.25) is 0 Å². The molecule has 0 spiro atoms. The maximum atomic E-state index is 12.3. The maximum absolute atomic E-state index is 12.3. The molecule has 0 fully saturated rings. The molecule has 30 heavy (non-hydrogen) atoms. The molecule has 0 bridgehead atoms. The van der Waals surface area contributed by atoms with Crippen LogP contribution < -0.4 is 9.46 Å². The lowest BCUT2D eigenvalue weighted by Crippen LogP contribution is -2.24. The lowest BCUT2D eigenvalue weighted by Gasteiger charge is -2.12. The molecule has 172 valence electrons. The highest BCUT2D eigenvalue weighted by atomic mass is 32.2. The van der Waals surface area contributed by atoms with E-state index in [9.17, 15) is 8.42 Å². The number of sulfonamides is 1. The summed E-state index contributed by atoms with van der Waals surface area (Å²) in [5, 5.41) is 0. The van der Waals surface area contributed by atoms with Gasteiger partial charge in [-0.25, -0.2) is 13.1 Å². The second-order valence-electron chi connectivity index (χ2n) is 8.03. The quantitative estimate of drug-likeness (QED) is 0.176. The first kappa shape index (κ1) is 26.7. The molecule has 0 atom stereocenters. The predicted molar refractivity (Wildman–Crippen MR) is 128 cm³/mol. The fourth-order valence-electron chi connectivity index (χ4n) is 3.52. The van der Waals surface area contributed by atoms with Crippen molar-refractivity contribution in [2.45, 2.75) is 102 Å². The second-order valence-corrected chi connectivity index (χ2v) is 9.77. The summed E-state index contributed by atoms with van der Waals surface area (Å²) in [7, 11) is -3.57. The lowest BCUT2D eigenvalue weighted by atomic mass is 10.0. The van der Waals surface area contributed by atoms with Crippen molar-refractivity contribution in [1.29, 1.82) is 0 Å². The molecule has 0 unspecified atom stereocenters. The zero-order valence-corrected chi connectivity index (χ0v) is 19.9. The number of benzene rings is 1. The molecule has 0 saturated carbocycles. The first-order valence-electron chi connectivity index (χ1n) is 11.9. The third kappa shape index (κ3) is 12.4. The number of hydrogen-bond donors (Lipinski definition) is 1. The van der Waals surface area contributed by atoms with Crippen molar-refractivity contribution in [1.82, 2.24) is 4.72 Å².